The number of rotatable bonds is 6. The van der Waals surface area contributed by atoms with Gasteiger partial charge in [0, 0.05) is 52.0 Å². The third-order valence-electron chi connectivity index (χ3n) is 7.07. The molecule has 198 valence electrons. The van der Waals surface area contributed by atoms with Crippen LogP contribution in [-0.2, 0) is 0 Å². The third kappa shape index (κ3) is 5.31. The van der Waals surface area contributed by atoms with Crippen LogP contribution in [0.3, 0.4) is 0 Å². The smallest absolute Gasteiger partial charge is 0.160 e. The van der Waals surface area contributed by atoms with Crippen LogP contribution >= 0.6 is 0 Å². The van der Waals surface area contributed by atoms with Crippen molar-refractivity contribution in [3.8, 4) is 67.7 Å². The van der Waals surface area contributed by atoms with Crippen LogP contribution in [0, 0.1) is 0 Å². The molecule has 0 spiro atoms. The van der Waals surface area contributed by atoms with E-state index in [2.05, 4.69) is 81.7 Å². The highest BCUT2D eigenvalue weighted by Gasteiger charge is 2.13. The zero-order chi connectivity index (χ0) is 28.1. The quantitative estimate of drug-likeness (QED) is 0.212. The van der Waals surface area contributed by atoms with Crippen molar-refractivity contribution in [2.24, 2.45) is 0 Å². The molecule has 42 heavy (non-hydrogen) atoms. The van der Waals surface area contributed by atoms with Crippen molar-refractivity contribution in [1.82, 2.24) is 24.9 Å². The maximum atomic E-state index is 5.06. The van der Waals surface area contributed by atoms with E-state index in [-0.39, 0.29) is 0 Å². The lowest BCUT2D eigenvalue weighted by Crippen LogP contribution is -1.96. The van der Waals surface area contributed by atoms with E-state index in [4.69, 9.17) is 9.97 Å². The maximum absolute atomic E-state index is 5.06. The highest BCUT2D eigenvalue weighted by atomic mass is 14.9. The summed E-state index contributed by atoms with van der Waals surface area (Å²) in [5.41, 5.74) is 10.5. The van der Waals surface area contributed by atoms with Crippen molar-refractivity contribution >= 4 is 0 Å². The van der Waals surface area contributed by atoms with Crippen LogP contribution in [-0.4, -0.2) is 24.9 Å². The van der Waals surface area contributed by atoms with Gasteiger partial charge in [-0.25, -0.2) is 9.97 Å². The molecule has 5 nitrogen and oxygen atoms in total. The molecule has 0 saturated heterocycles. The van der Waals surface area contributed by atoms with Gasteiger partial charge in [0.1, 0.15) is 0 Å². The first-order valence-corrected chi connectivity index (χ1v) is 13.7. The molecular formula is C37H25N5. The average molecular weight is 540 g/mol. The van der Waals surface area contributed by atoms with Crippen molar-refractivity contribution in [3.05, 3.63) is 152 Å². The van der Waals surface area contributed by atoms with Crippen molar-refractivity contribution in [2.45, 2.75) is 0 Å². The van der Waals surface area contributed by atoms with Gasteiger partial charge in [0.2, 0.25) is 0 Å². The van der Waals surface area contributed by atoms with Gasteiger partial charge in [-0.3, -0.25) is 15.0 Å². The molecule has 4 heterocycles. The van der Waals surface area contributed by atoms with Crippen molar-refractivity contribution in [3.63, 3.8) is 0 Å². The van der Waals surface area contributed by atoms with Gasteiger partial charge in [0.15, 0.2) is 5.82 Å². The molecule has 3 aromatic carbocycles. The number of hydrogen-bond donors (Lipinski definition) is 0. The molecular weight excluding hydrogens is 514 g/mol. The van der Waals surface area contributed by atoms with Gasteiger partial charge in [-0.15, -0.1) is 0 Å². The van der Waals surface area contributed by atoms with Crippen molar-refractivity contribution < 1.29 is 0 Å². The topological polar surface area (TPSA) is 64.5 Å². The summed E-state index contributed by atoms with van der Waals surface area (Å²) in [4.78, 5) is 23.7. The minimum Gasteiger partial charge on any atom is -0.256 e. The second kappa shape index (κ2) is 11.4. The van der Waals surface area contributed by atoms with Crippen LogP contribution in [0.2, 0.25) is 0 Å². The summed E-state index contributed by atoms with van der Waals surface area (Å²) in [6.45, 7) is 0. The van der Waals surface area contributed by atoms with Crippen LogP contribution in [0.5, 0.6) is 0 Å². The highest BCUT2D eigenvalue weighted by molar-refractivity contribution is 5.77. The Labute approximate surface area is 244 Å². The van der Waals surface area contributed by atoms with E-state index in [0.717, 1.165) is 61.9 Å². The Morgan fingerprint density at radius 2 is 0.690 bits per heavy atom. The number of aromatic nitrogens is 5. The Hall–Kier alpha value is -5.81. The minimum absolute atomic E-state index is 0.654. The van der Waals surface area contributed by atoms with Gasteiger partial charge >= 0.3 is 0 Å². The van der Waals surface area contributed by atoms with E-state index in [1.165, 1.54) is 0 Å². The van der Waals surface area contributed by atoms with Crippen molar-refractivity contribution in [1.29, 1.82) is 0 Å². The maximum Gasteiger partial charge on any atom is 0.160 e. The van der Waals surface area contributed by atoms with Crippen LogP contribution in [0.1, 0.15) is 0 Å². The first-order valence-electron chi connectivity index (χ1n) is 13.7. The normalized spacial score (nSPS) is 10.9. The zero-order valence-corrected chi connectivity index (χ0v) is 22.7. The first kappa shape index (κ1) is 25.2. The van der Waals surface area contributed by atoms with Gasteiger partial charge in [0.05, 0.1) is 28.5 Å². The molecule has 0 aliphatic carbocycles. The number of hydrogen-bond acceptors (Lipinski definition) is 5. The number of pyridine rings is 3. The molecule has 0 N–H and O–H groups in total. The molecule has 7 rings (SSSR count). The Balaban J connectivity index is 1.35. The van der Waals surface area contributed by atoms with E-state index in [1.807, 2.05) is 79.1 Å². The molecule has 0 atom stereocenters. The molecule has 0 aliphatic rings. The summed E-state index contributed by atoms with van der Waals surface area (Å²) in [6, 6.07) is 44.8. The third-order valence-corrected chi connectivity index (χ3v) is 7.07. The molecule has 0 radical (unpaired) electrons. The lowest BCUT2D eigenvalue weighted by molar-refractivity contribution is 1.18. The number of benzene rings is 3. The molecule has 0 bridgehead atoms. The predicted molar refractivity (Wildman–Crippen MR) is 168 cm³/mol. The van der Waals surface area contributed by atoms with Crippen LogP contribution < -0.4 is 0 Å². The predicted octanol–water partition coefficient (Wildman–Crippen LogP) is 8.66. The van der Waals surface area contributed by atoms with Gasteiger partial charge < -0.3 is 0 Å². The Kier molecular flexibility index (Phi) is 6.81. The molecule has 0 fully saturated rings. The molecule has 7 aromatic rings. The Bertz CT molecular complexity index is 1860. The minimum atomic E-state index is 0.654. The second-order valence-corrected chi connectivity index (χ2v) is 9.85. The molecule has 4 aromatic heterocycles. The fourth-order valence-corrected chi connectivity index (χ4v) is 4.94. The Morgan fingerprint density at radius 3 is 1.12 bits per heavy atom. The fourth-order valence-electron chi connectivity index (χ4n) is 4.94. The van der Waals surface area contributed by atoms with E-state index in [1.54, 1.807) is 6.20 Å². The van der Waals surface area contributed by atoms with Crippen molar-refractivity contribution in [2.75, 3.05) is 0 Å². The van der Waals surface area contributed by atoms with Gasteiger partial charge in [-0.1, -0.05) is 78.9 Å². The SMILES string of the molecule is c1ccc(-c2ccc(-c3nc(-c4cccc(-c5ccccn5)c4)cc(-c4cccc(-c5ccccn5)c4)n3)cc2)nc1. The molecule has 5 heteroatoms. The second-order valence-electron chi connectivity index (χ2n) is 9.85. The van der Waals surface area contributed by atoms with Gasteiger partial charge in [-0.2, -0.15) is 0 Å². The summed E-state index contributed by atoms with van der Waals surface area (Å²) < 4.78 is 0. The van der Waals surface area contributed by atoms with E-state index in [0.29, 0.717) is 5.82 Å². The fraction of sp³-hybridized carbons (Fsp3) is 0. The zero-order valence-electron chi connectivity index (χ0n) is 22.7. The van der Waals surface area contributed by atoms with Gasteiger partial charge in [0.25, 0.3) is 0 Å². The van der Waals surface area contributed by atoms with Crippen LogP contribution in [0.15, 0.2) is 152 Å². The molecule has 0 unspecified atom stereocenters. The average Bonchev–Trinajstić information content (AvgIpc) is 3.09. The summed E-state index contributed by atoms with van der Waals surface area (Å²) >= 11 is 0. The van der Waals surface area contributed by atoms with E-state index >= 15 is 0 Å². The summed E-state index contributed by atoms with van der Waals surface area (Å²) in [6.07, 6.45) is 5.43. The monoisotopic (exact) mass is 539 g/mol. The standard InChI is InChI=1S/C37H25N5/c1-4-20-38-32(13-1)26-16-18-27(19-17-26)37-41-35(30-11-7-9-28(23-30)33-14-2-5-21-39-33)25-36(42-37)31-12-8-10-29(24-31)34-15-3-6-22-40-34/h1-25H. The largest absolute Gasteiger partial charge is 0.256 e. The molecule has 0 aliphatic heterocycles. The summed E-state index contributed by atoms with van der Waals surface area (Å²) in [5, 5.41) is 0. The lowest BCUT2D eigenvalue weighted by atomic mass is 10.0. The molecule has 0 saturated carbocycles. The summed E-state index contributed by atoms with van der Waals surface area (Å²) in [5.74, 6) is 0.654. The van der Waals surface area contributed by atoms with Crippen LogP contribution in [0.4, 0.5) is 0 Å². The lowest BCUT2D eigenvalue weighted by Gasteiger charge is -2.11. The van der Waals surface area contributed by atoms with Gasteiger partial charge in [-0.05, 0) is 54.6 Å². The summed E-state index contributed by atoms with van der Waals surface area (Å²) in [7, 11) is 0. The Morgan fingerprint density at radius 1 is 0.286 bits per heavy atom. The number of nitrogens with zero attached hydrogens (tertiary/aromatic N) is 5. The van der Waals surface area contributed by atoms with Crippen LogP contribution in [0.25, 0.3) is 67.7 Å². The van der Waals surface area contributed by atoms with E-state index < -0.39 is 0 Å². The first-order chi connectivity index (χ1) is 20.8. The van der Waals surface area contributed by atoms with E-state index in [9.17, 15) is 0 Å². The molecule has 0 amide bonds. The highest BCUT2D eigenvalue weighted by Crippen LogP contribution is 2.32.